The Hall–Kier alpha value is -2.01. The molecular formula is C8H11N5O2. The average Bonchev–Trinajstić information content (AvgIpc) is 2.60. The fraction of sp³-hybridized carbons (Fsp3) is 0.500. The molecule has 0 unspecified atom stereocenters. The van der Waals surface area contributed by atoms with E-state index in [-0.39, 0.29) is 5.69 Å². The smallest absolute Gasteiger partial charge is 0.358 e. The highest BCUT2D eigenvalue weighted by Gasteiger charge is 2.11. The van der Waals surface area contributed by atoms with Crippen LogP contribution in [0.15, 0.2) is 11.2 Å². The third-order valence-corrected chi connectivity index (χ3v) is 1.90. The monoisotopic (exact) mass is 209 g/mol. The number of rotatable bonds is 4. The van der Waals surface area contributed by atoms with Crippen LogP contribution >= 0.6 is 0 Å². The lowest BCUT2D eigenvalue weighted by Gasteiger charge is -1.96. The number of nitrogens with zero attached hydrogens (tertiary/aromatic N) is 5. The summed E-state index contributed by atoms with van der Waals surface area (Å²) in [6.45, 7) is 0.344. The number of aryl methyl sites for hydroxylation is 1. The molecule has 0 fully saturated rings. The van der Waals surface area contributed by atoms with E-state index in [1.165, 1.54) is 7.11 Å². The van der Waals surface area contributed by atoms with Crippen molar-refractivity contribution in [2.75, 3.05) is 13.7 Å². The summed E-state index contributed by atoms with van der Waals surface area (Å²) >= 11 is 0. The van der Waals surface area contributed by atoms with E-state index in [2.05, 4.69) is 19.9 Å². The van der Waals surface area contributed by atoms with E-state index in [9.17, 15) is 4.79 Å². The number of methoxy groups -OCH3 is 1. The highest BCUT2D eigenvalue weighted by atomic mass is 16.5. The van der Waals surface area contributed by atoms with Gasteiger partial charge in [0.15, 0.2) is 5.69 Å². The van der Waals surface area contributed by atoms with Gasteiger partial charge in [0.1, 0.15) is 0 Å². The van der Waals surface area contributed by atoms with E-state index >= 15 is 0 Å². The fourth-order valence-electron chi connectivity index (χ4n) is 1.15. The van der Waals surface area contributed by atoms with Gasteiger partial charge in [-0.1, -0.05) is 5.11 Å². The van der Waals surface area contributed by atoms with Gasteiger partial charge in [0.05, 0.1) is 7.11 Å². The quantitative estimate of drug-likeness (QED) is 0.321. The van der Waals surface area contributed by atoms with E-state index in [1.54, 1.807) is 17.8 Å². The average molecular weight is 209 g/mol. The number of carbonyl (C=O) groups excluding carboxylic acids is 1. The Bertz CT molecular complexity index is 405. The minimum atomic E-state index is -0.472. The van der Waals surface area contributed by atoms with Crippen LogP contribution in [-0.4, -0.2) is 29.4 Å². The zero-order valence-corrected chi connectivity index (χ0v) is 8.54. The standard InChI is InChI=1S/C8H11N5O2/c1-13-6(3-4-10-12-9)5-7(11-13)8(14)15-2/h5H,3-4H2,1-2H3. The number of aromatic nitrogens is 2. The van der Waals surface area contributed by atoms with Gasteiger partial charge in [-0.3, -0.25) is 4.68 Å². The maximum atomic E-state index is 11.1. The summed E-state index contributed by atoms with van der Waals surface area (Å²) in [6, 6.07) is 1.62. The molecule has 7 nitrogen and oxygen atoms in total. The largest absolute Gasteiger partial charge is 0.464 e. The molecule has 0 aliphatic carbocycles. The highest BCUT2D eigenvalue weighted by Crippen LogP contribution is 2.05. The van der Waals surface area contributed by atoms with Gasteiger partial charge < -0.3 is 4.74 Å². The molecule has 15 heavy (non-hydrogen) atoms. The lowest BCUT2D eigenvalue weighted by molar-refractivity contribution is 0.0593. The van der Waals surface area contributed by atoms with Gasteiger partial charge in [-0.25, -0.2) is 4.79 Å². The van der Waals surface area contributed by atoms with Gasteiger partial charge in [-0.05, 0) is 18.0 Å². The molecule has 0 aromatic carbocycles. The molecule has 80 valence electrons. The third-order valence-electron chi connectivity index (χ3n) is 1.90. The second-order valence-corrected chi connectivity index (χ2v) is 2.84. The summed E-state index contributed by atoms with van der Waals surface area (Å²) in [5.74, 6) is -0.472. The summed E-state index contributed by atoms with van der Waals surface area (Å²) in [5, 5.41) is 7.37. The second-order valence-electron chi connectivity index (χ2n) is 2.84. The molecule has 1 rings (SSSR count). The molecular weight excluding hydrogens is 198 g/mol. The lowest BCUT2D eigenvalue weighted by Crippen LogP contribution is -2.03. The van der Waals surface area contributed by atoms with E-state index < -0.39 is 5.97 Å². The predicted octanol–water partition coefficient (Wildman–Crippen LogP) is 1.06. The van der Waals surface area contributed by atoms with E-state index in [1.807, 2.05) is 0 Å². The van der Waals surface area contributed by atoms with Crippen molar-refractivity contribution in [1.82, 2.24) is 9.78 Å². The highest BCUT2D eigenvalue weighted by molar-refractivity contribution is 5.87. The van der Waals surface area contributed by atoms with E-state index in [0.717, 1.165) is 5.69 Å². The first kappa shape index (κ1) is 11.1. The Morgan fingerprint density at radius 1 is 1.80 bits per heavy atom. The van der Waals surface area contributed by atoms with Crippen molar-refractivity contribution in [2.24, 2.45) is 12.2 Å². The molecule has 7 heteroatoms. The van der Waals surface area contributed by atoms with Crippen LogP contribution < -0.4 is 0 Å². The van der Waals surface area contributed by atoms with Crippen LogP contribution in [-0.2, 0) is 18.2 Å². The summed E-state index contributed by atoms with van der Waals surface area (Å²) in [5.41, 5.74) is 9.19. The number of carbonyl (C=O) groups is 1. The van der Waals surface area contributed by atoms with Gasteiger partial charge in [0.2, 0.25) is 0 Å². The van der Waals surface area contributed by atoms with E-state index in [4.69, 9.17) is 5.53 Å². The minimum Gasteiger partial charge on any atom is -0.464 e. The van der Waals surface area contributed by atoms with Gasteiger partial charge in [0.25, 0.3) is 0 Å². The molecule has 1 aromatic rings. The summed E-state index contributed by atoms with van der Waals surface area (Å²) in [7, 11) is 3.02. The number of azide groups is 1. The van der Waals surface area contributed by atoms with E-state index in [0.29, 0.717) is 13.0 Å². The maximum absolute atomic E-state index is 11.1. The van der Waals surface area contributed by atoms with Crippen molar-refractivity contribution >= 4 is 5.97 Å². The normalized spacial score (nSPS) is 9.47. The van der Waals surface area contributed by atoms with Crippen LogP contribution in [0.4, 0.5) is 0 Å². The number of ether oxygens (including phenoxy) is 1. The fourth-order valence-corrected chi connectivity index (χ4v) is 1.15. The Morgan fingerprint density at radius 2 is 2.53 bits per heavy atom. The first-order chi connectivity index (χ1) is 7.19. The Morgan fingerprint density at radius 3 is 3.13 bits per heavy atom. The van der Waals surface area contributed by atoms with Crippen molar-refractivity contribution in [3.8, 4) is 0 Å². The first-order valence-corrected chi connectivity index (χ1v) is 4.31. The molecule has 0 N–H and O–H groups in total. The van der Waals surface area contributed by atoms with Crippen LogP contribution in [0.5, 0.6) is 0 Å². The topological polar surface area (TPSA) is 92.9 Å². The molecule has 0 spiro atoms. The van der Waals surface area contributed by atoms with Gasteiger partial charge in [0, 0.05) is 24.2 Å². The van der Waals surface area contributed by atoms with Crippen LogP contribution in [0, 0.1) is 0 Å². The zero-order chi connectivity index (χ0) is 11.3. The maximum Gasteiger partial charge on any atom is 0.358 e. The van der Waals surface area contributed by atoms with Gasteiger partial charge >= 0.3 is 5.97 Å². The van der Waals surface area contributed by atoms with Crippen LogP contribution in [0.25, 0.3) is 10.4 Å². The molecule has 0 saturated heterocycles. The van der Waals surface area contributed by atoms with Crippen LogP contribution in [0.1, 0.15) is 16.2 Å². The van der Waals surface area contributed by atoms with Crippen molar-refractivity contribution < 1.29 is 9.53 Å². The molecule has 0 radical (unpaired) electrons. The zero-order valence-electron chi connectivity index (χ0n) is 8.54. The Kier molecular flexibility index (Phi) is 3.70. The Labute approximate surface area is 86.3 Å². The molecule has 0 atom stereocenters. The molecule has 0 aliphatic heterocycles. The SMILES string of the molecule is COC(=O)c1cc(CCN=[N+]=[N-])n(C)n1. The van der Waals surface area contributed by atoms with Crippen molar-refractivity contribution in [2.45, 2.75) is 6.42 Å². The second kappa shape index (κ2) is 5.02. The Balaban J connectivity index is 2.77. The van der Waals surface area contributed by atoms with Crippen molar-refractivity contribution in [3.63, 3.8) is 0 Å². The molecule has 0 amide bonds. The van der Waals surface area contributed by atoms with Gasteiger partial charge in [-0.15, -0.1) is 0 Å². The van der Waals surface area contributed by atoms with Crippen molar-refractivity contribution in [3.05, 3.63) is 27.9 Å². The lowest BCUT2D eigenvalue weighted by atomic mass is 10.3. The number of hydrogen-bond donors (Lipinski definition) is 0. The minimum absolute atomic E-state index is 0.260. The van der Waals surface area contributed by atoms with Gasteiger partial charge in [-0.2, -0.15) is 5.10 Å². The third kappa shape index (κ3) is 2.72. The molecule has 0 saturated carbocycles. The first-order valence-electron chi connectivity index (χ1n) is 4.31. The van der Waals surface area contributed by atoms with Crippen molar-refractivity contribution in [1.29, 1.82) is 0 Å². The van der Waals surface area contributed by atoms with Crippen LogP contribution in [0.2, 0.25) is 0 Å². The number of hydrogen-bond acceptors (Lipinski definition) is 4. The molecule has 1 heterocycles. The van der Waals surface area contributed by atoms with Crippen LogP contribution in [0.3, 0.4) is 0 Å². The summed E-state index contributed by atoms with van der Waals surface area (Å²) in [4.78, 5) is 13.8. The summed E-state index contributed by atoms with van der Waals surface area (Å²) < 4.78 is 6.10. The number of esters is 1. The molecule has 0 bridgehead atoms. The molecule has 0 aliphatic rings. The summed E-state index contributed by atoms with van der Waals surface area (Å²) in [6.07, 6.45) is 0.546. The predicted molar refractivity (Wildman–Crippen MR) is 52.3 cm³/mol. The molecule has 1 aromatic heterocycles.